The van der Waals surface area contributed by atoms with Gasteiger partial charge in [0.25, 0.3) is 0 Å². The van der Waals surface area contributed by atoms with Crippen LogP contribution in [0.15, 0.2) is 48.5 Å². The predicted octanol–water partition coefficient (Wildman–Crippen LogP) is 3.17. The number of hydrogen-bond acceptors (Lipinski definition) is 3. The largest absolute Gasteiger partial charge is 0.457 e. The molecule has 22 heavy (non-hydrogen) atoms. The van der Waals surface area contributed by atoms with E-state index in [2.05, 4.69) is 10.6 Å². The number of hydrogen-bond donors (Lipinski definition) is 2. The molecule has 0 radical (unpaired) electrons. The summed E-state index contributed by atoms with van der Waals surface area (Å²) < 4.78 is 18.5. The maximum atomic E-state index is 12.9. The normalized spacial score (nSPS) is 17.2. The van der Waals surface area contributed by atoms with Crippen LogP contribution in [0.3, 0.4) is 0 Å². The molecule has 2 aromatic rings. The molecule has 1 aliphatic heterocycles. The minimum Gasteiger partial charge on any atom is -0.457 e. The van der Waals surface area contributed by atoms with Gasteiger partial charge in [-0.25, -0.2) is 4.39 Å². The van der Waals surface area contributed by atoms with E-state index in [4.69, 9.17) is 4.74 Å². The van der Waals surface area contributed by atoms with Gasteiger partial charge in [0, 0.05) is 18.3 Å². The first kappa shape index (κ1) is 14.5. The lowest BCUT2D eigenvalue weighted by atomic mass is 10.1. The Labute approximate surface area is 128 Å². The molecular formula is C17H17FN2O2. The lowest BCUT2D eigenvalue weighted by molar-refractivity contribution is -0.119. The van der Waals surface area contributed by atoms with E-state index >= 15 is 0 Å². The third-order valence-electron chi connectivity index (χ3n) is 3.58. The molecular weight excluding hydrogens is 283 g/mol. The van der Waals surface area contributed by atoms with Crippen molar-refractivity contribution in [3.05, 3.63) is 54.3 Å². The average molecular weight is 300 g/mol. The van der Waals surface area contributed by atoms with Gasteiger partial charge in [0.1, 0.15) is 17.3 Å². The number of amides is 1. The smallest absolute Gasteiger partial charge is 0.228 e. The molecule has 2 aromatic carbocycles. The second kappa shape index (κ2) is 6.58. The van der Waals surface area contributed by atoms with E-state index in [9.17, 15) is 9.18 Å². The Morgan fingerprint density at radius 3 is 2.73 bits per heavy atom. The highest BCUT2D eigenvalue weighted by Gasteiger charge is 2.22. The van der Waals surface area contributed by atoms with Crippen LogP contribution >= 0.6 is 0 Å². The Morgan fingerprint density at radius 2 is 2.00 bits per heavy atom. The Bertz CT molecular complexity index is 652. The molecule has 114 valence electrons. The number of carbonyl (C=O) groups is 1. The van der Waals surface area contributed by atoms with Crippen LogP contribution in [-0.4, -0.2) is 19.0 Å². The van der Waals surface area contributed by atoms with Gasteiger partial charge in [0.2, 0.25) is 5.91 Å². The first-order valence-electron chi connectivity index (χ1n) is 7.26. The molecule has 2 N–H and O–H groups in total. The summed E-state index contributed by atoms with van der Waals surface area (Å²) in [6.07, 6.45) is 0.859. The van der Waals surface area contributed by atoms with Crippen molar-refractivity contribution in [1.29, 1.82) is 0 Å². The number of rotatable bonds is 4. The third-order valence-corrected chi connectivity index (χ3v) is 3.58. The van der Waals surface area contributed by atoms with Crippen LogP contribution in [0.25, 0.3) is 0 Å². The zero-order valence-electron chi connectivity index (χ0n) is 12.0. The van der Waals surface area contributed by atoms with Gasteiger partial charge in [0.15, 0.2) is 0 Å². The van der Waals surface area contributed by atoms with Gasteiger partial charge in [-0.3, -0.25) is 4.79 Å². The maximum Gasteiger partial charge on any atom is 0.228 e. The van der Waals surface area contributed by atoms with Gasteiger partial charge in [-0.15, -0.1) is 0 Å². The highest BCUT2D eigenvalue weighted by atomic mass is 19.1. The molecule has 0 saturated carbocycles. The molecule has 0 aliphatic carbocycles. The van der Waals surface area contributed by atoms with E-state index < -0.39 is 0 Å². The molecule has 1 aliphatic rings. The molecule has 1 saturated heterocycles. The highest BCUT2D eigenvalue weighted by molar-refractivity contribution is 5.93. The second-order valence-electron chi connectivity index (χ2n) is 5.26. The fourth-order valence-corrected chi connectivity index (χ4v) is 2.40. The fourth-order valence-electron chi connectivity index (χ4n) is 2.40. The first-order valence-corrected chi connectivity index (χ1v) is 7.26. The molecule has 3 rings (SSSR count). The molecule has 1 fully saturated rings. The maximum absolute atomic E-state index is 12.9. The minimum absolute atomic E-state index is 0.0154. The number of anilines is 1. The Morgan fingerprint density at radius 1 is 1.18 bits per heavy atom. The molecule has 0 spiro atoms. The summed E-state index contributed by atoms with van der Waals surface area (Å²) in [5.41, 5.74) is 0.691. The van der Waals surface area contributed by atoms with Crippen LogP contribution in [0.2, 0.25) is 0 Å². The van der Waals surface area contributed by atoms with Crippen molar-refractivity contribution in [3.63, 3.8) is 0 Å². The van der Waals surface area contributed by atoms with Gasteiger partial charge in [-0.2, -0.15) is 0 Å². The van der Waals surface area contributed by atoms with Crippen molar-refractivity contribution in [2.75, 3.05) is 18.4 Å². The third kappa shape index (κ3) is 3.62. The van der Waals surface area contributed by atoms with Crippen molar-refractivity contribution < 1.29 is 13.9 Å². The van der Waals surface area contributed by atoms with E-state index in [1.54, 1.807) is 30.3 Å². The molecule has 5 heteroatoms. The van der Waals surface area contributed by atoms with Gasteiger partial charge in [-0.05, 0) is 49.4 Å². The number of nitrogens with one attached hydrogen (secondary N) is 2. The van der Waals surface area contributed by atoms with E-state index in [0.717, 1.165) is 19.5 Å². The van der Waals surface area contributed by atoms with Crippen molar-refractivity contribution in [3.8, 4) is 11.5 Å². The molecule has 0 aromatic heterocycles. The molecule has 1 amide bonds. The summed E-state index contributed by atoms with van der Waals surface area (Å²) in [7, 11) is 0. The fraction of sp³-hybridized carbons (Fsp3) is 0.235. The van der Waals surface area contributed by atoms with Gasteiger partial charge in [-0.1, -0.05) is 6.07 Å². The van der Waals surface area contributed by atoms with E-state index in [0.29, 0.717) is 17.2 Å². The van der Waals surface area contributed by atoms with Crippen LogP contribution in [0.1, 0.15) is 6.42 Å². The van der Waals surface area contributed by atoms with Crippen LogP contribution < -0.4 is 15.4 Å². The zero-order chi connectivity index (χ0) is 15.4. The lowest BCUT2D eigenvalue weighted by Gasteiger charge is -2.11. The van der Waals surface area contributed by atoms with Crippen LogP contribution in [-0.2, 0) is 4.79 Å². The summed E-state index contributed by atoms with van der Waals surface area (Å²) >= 11 is 0. The average Bonchev–Trinajstić information content (AvgIpc) is 3.04. The van der Waals surface area contributed by atoms with Gasteiger partial charge in [0.05, 0.1) is 5.92 Å². The van der Waals surface area contributed by atoms with E-state index in [1.165, 1.54) is 12.1 Å². The predicted molar refractivity (Wildman–Crippen MR) is 82.5 cm³/mol. The molecule has 1 heterocycles. The van der Waals surface area contributed by atoms with Gasteiger partial charge >= 0.3 is 0 Å². The van der Waals surface area contributed by atoms with Crippen LogP contribution in [0, 0.1) is 11.7 Å². The molecule has 0 bridgehead atoms. The SMILES string of the molecule is O=C(Nc1cccc(Oc2ccc(F)cc2)c1)C1CCNC1. The number of carbonyl (C=O) groups excluding carboxylic acids is 1. The first-order chi connectivity index (χ1) is 10.7. The lowest BCUT2D eigenvalue weighted by Crippen LogP contribution is -2.24. The van der Waals surface area contributed by atoms with Crippen LogP contribution in [0.5, 0.6) is 11.5 Å². The Balaban J connectivity index is 1.66. The number of ether oxygens (including phenoxy) is 1. The molecule has 1 atom stereocenters. The standard InChI is InChI=1S/C17H17FN2O2/c18-13-4-6-15(7-5-13)22-16-3-1-2-14(10-16)20-17(21)12-8-9-19-11-12/h1-7,10,12,19H,8-9,11H2,(H,20,21). The van der Waals surface area contributed by atoms with Crippen molar-refractivity contribution in [2.24, 2.45) is 5.92 Å². The van der Waals surface area contributed by atoms with Crippen LogP contribution in [0.4, 0.5) is 10.1 Å². The number of benzene rings is 2. The van der Waals surface area contributed by atoms with E-state index in [1.807, 2.05) is 6.07 Å². The summed E-state index contributed by atoms with van der Waals surface area (Å²) in [5.74, 6) is 0.864. The second-order valence-corrected chi connectivity index (χ2v) is 5.26. The Hall–Kier alpha value is -2.40. The quantitative estimate of drug-likeness (QED) is 0.912. The van der Waals surface area contributed by atoms with Crippen molar-refractivity contribution in [2.45, 2.75) is 6.42 Å². The molecule has 4 nitrogen and oxygen atoms in total. The Kier molecular flexibility index (Phi) is 4.34. The minimum atomic E-state index is -0.307. The van der Waals surface area contributed by atoms with Crippen molar-refractivity contribution >= 4 is 11.6 Å². The van der Waals surface area contributed by atoms with Crippen molar-refractivity contribution in [1.82, 2.24) is 5.32 Å². The highest BCUT2D eigenvalue weighted by Crippen LogP contribution is 2.24. The zero-order valence-corrected chi connectivity index (χ0v) is 12.0. The summed E-state index contributed by atoms with van der Waals surface area (Å²) in [5, 5.41) is 6.07. The summed E-state index contributed by atoms with van der Waals surface area (Å²) in [4.78, 5) is 12.1. The van der Waals surface area contributed by atoms with Gasteiger partial charge < -0.3 is 15.4 Å². The monoisotopic (exact) mass is 300 g/mol. The summed E-state index contributed by atoms with van der Waals surface area (Å²) in [6, 6.07) is 13.0. The molecule has 1 unspecified atom stereocenters. The summed E-state index contributed by atoms with van der Waals surface area (Å²) in [6.45, 7) is 1.60. The number of halogens is 1. The van der Waals surface area contributed by atoms with E-state index in [-0.39, 0.29) is 17.6 Å². The topological polar surface area (TPSA) is 50.4 Å².